The van der Waals surface area contributed by atoms with Gasteiger partial charge in [-0.2, -0.15) is 0 Å². The molecule has 0 radical (unpaired) electrons. The summed E-state index contributed by atoms with van der Waals surface area (Å²) in [6.45, 7) is 0. The smallest absolute Gasteiger partial charge is 0.142 e. The number of fused-ring (bicyclic) bond motifs is 1. The lowest BCUT2D eigenvalue weighted by Crippen LogP contribution is -2.08. The van der Waals surface area contributed by atoms with Crippen LogP contribution in [0.25, 0.3) is 0 Å². The number of phenols is 1. The van der Waals surface area contributed by atoms with Gasteiger partial charge in [-0.15, -0.1) is 0 Å². The summed E-state index contributed by atoms with van der Waals surface area (Å²) in [5.74, 6) is 1.15. The molecule has 20 heavy (non-hydrogen) atoms. The van der Waals surface area contributed by atoms with Gasteiger partial charge < -0.3 is 15.2 Å². The van der Waals surface area contributed by atoms with Gasteiger partial charge in [-0.3, -0.25) is 0 Å². The fraction of sp³-hybridized carbons (Fsp3) is 0.250. The van der Waals surface area contributed by atoms with Gasteiger partial charge in [0, 0.05) is 5.02 Å². The maximum absolute atomic E-state index is 9.89. The van der Waals surface area contributed by atoms with Crippen LogP contribution in [0.3, 0.4) is 0 Å². The number of aromatic hydroxyl groups is 1. The zero-order chi connectivity index (χ0) is 14.1. The van der Waals surface area contributed by atoms with E-state index in [9.17, 15) is 5.11 Å². The van der Waals surface area contributed by atoms with Crippen molar-refractivity contribution in [3.63, 3.8) is 0 Å². The molecule has 4 heteroatoms. The second-order valence-corrected chi connectivity index (χ2v) is 5.36. The van der Waals surface area contributed by atoms with E-state index in [1.165, 1.54) is 0 Å². The van der Waals surface area contributed by atoms with Crippen molar-refractivity contribution in [3.05, 3.63) is 52.5 Å². The number of benzene rings is 2. The first kappa shape index (κ1) is 13.1. The van der Waals surface area contributed by atoms with Crippen LogP contribution in [0, 0.1) is 0 Å². The van der Waals surface area contributed by atoms with Gasteiger partial charge in [-0.25, -0.2) is 0 Å². The molecule has 0 amide bonds. The molecule has 0 saturated carbocycles. The second-order valence-electron chi connectivity index (χ2n) is 4.93. The van der Waals surface area contributed by atoms with Gasteiger partial charge in [0.2, 0.25) is 0 Å². The van der Waals surface area contributed by atoms with E-state index >= 15 is 0 Å². The summed E-state index contributed by atoms with van der Waals surface area (Å²) in [5.41, 5.74) is 3.05. The van der Waals surface area contributed by atoms with Crippen molar-refractivity contribution in [2.24, 2.45) is 0 Å². The summed E-state index contributed by atoms with van der Waals surface area (Å²) >= 11 is 6.05. The van der Waals surface area contributed by atoms with E-state index in [-0.39, 0.29) is 6.04 Å². The maximum atomic E-state index is 9.89. The minimum Gasteiger partial charge on any atom is -0.508 e. The molecule has 1 aliphatic carbocycles. The molecule has 3 rings (SSSR count). The molecule has 0 saturated heterocycles. The van der Waals surface area contributed by atoms with Crippen molar-refractivity contribution >= 4 is 17.3 Å². The van der Waals surface area contributed by atoms with Crippen LogP contribution in [0.2, 0.25) is 5.02 Å². The topological polar surface area (TPSA) is 41.5 Å². The lowest BCUT2D eigenvalue weighted by molar-refractivity contribution is 0.416. The van der Waals surface area contributed by atoms with Crippen molar-refractivity contribution < 1.29 is 9.84 Å². The van der Waals surface area contributed by atoms with Crippen molar-refractivity contribution in [2.45, 2.75) is 18.9 Å². The van der Waals surface area contributed by atoms with Gasteiger partial charge in [-0.1, -0.05) is 23.7 Å². The highest BCUT2D eigenvalue weighted by atomic mass is 35.5. The van der Waals surface area contributed by atoms with E-state index in [1.807, 2.05) is 18.2 Å². The third-order valence-electron chi connectivity index (χ3n) is 3.74. The molecule has 1 aliphatic rings. The van der Waals surface area contributed by atoms with Gasteiger partial charge in [0.25, 0.3) is 0 Å². The minimum atomic E-state index is 0.171. The molecule has 0 aliphatic heterocycles. The number of methoxy groups -OCH3 is 1. The number of rotatable bonds is 3. The van der Waals surface area contributed by atoms with E-state index in [0.29, 0.717) is 10.8 Å². The van der Waals surface area contributed by atoms with Crippen LogP contribution in [0.15, 0.2) is 36.4 Å². The first-order valence-electron chi connectivity index (χ1n) is 6.60. The highest BCUT2D eigenvalue weighted by molar-refractivity contribution is 6.30. The number of halogens is 1. The average molecular weight is 290 g/mol. The number of anilines is 1. The van der Waals surface area contributed by atoms with Crippen molar-refractivity contribution in [2.75, 3.05) is 12.4 Å². The van der Waals surface area contributed by atoms with Gasteiger partial charge in [0.05, 0.1) is 18.8 Å². The van der Waals surface area contributed by atoms with Crippen molar-refractivity contribution in [3.8, 4) is 11.5 Å². The second kappa shape index (κ2) is 5.25. The molecular formula is C16H16ClNO2. The molecule has 3 nitrogen and oxygen atoms in total. The van der Waals surface area contributed by atoms with E-state index in [1.54, 1.807) is 19.2 Å². The Morgan fingerprint density at radius 2 is 2.15 bits per heavy atom. The molecule has 2 N–H and O–H groups in total. The Morgan fingerprint density at radius 1 is 1.30 bits per heavy atom. The summed E-state index contributed by atoms with van der Waals surface area (Å²) < 4.78 is 5.35. The molecule has 104 valence electrons. The number of ether oxygens (including phenoxy) is 1. The van der Waals surface area contributed by atoms with E-state index in [0.717, 1.165) is 35.4 Å². The summed E-state index contributed by atoms with van der Waals surface area (Å²) in [4.78, 5) is 0. The van der Waals surface area contributed by atoms with Crippen LogP contribution in [0.1, 0.15) is 23.6 Å². The number of nitrogens with one attached hydrogen (secondary N) is 1. The van der Waals surface area contributed by atoms with Crippen LogP contribution < -0.4 is 10.1 Å². The monoisotopic (exact) mass is 289 g/mol. The van der Waals surface area contributed by atoms with E-state index in [2.05, 4.69) is 11.4 Å². The fourth-order valence-electron chi connectivity index (χ4n) is 2.77. The Bertz CT molecular complexity index is 642. The van der Waals surface area contributed by atoms with Crippen molar-refractivity contribution in [1.82, 2.24) is 0 Å². The van der Waals surface area contributed by atoms with Crippen LogP contribution in [-0.4, -0.2) is 12.2 Å². The first-order chi connectivity index (χ1) is 9.69. The van der Waals surface area contributed by atoms with Crippen LogP contribution >= 0.6 is 11.6 Å². The first-order valence-corrected chi connectivity index (χ1v) is 6.97. The van der Waals surface area contributed by atoms with Gasteiger partial charge in [-0.05, 0) is 48.2 Å². The third-order valence-corrected chi connectivity index (χ3v) is 3.97. The molecule has 0 spiro atoms. The van der Waals surface area contributed by atoms with E-state index in [4.69, 9.17) is 16.3 Å². The largest absolute Gasteiger partial charge is 0.508 e. The molecule has 0 fully saturated rings. The molecular weight excluding hydrogens is 274 g/mol. The van der Waals surface area contributed by atoms with Gasteiger partial charge in [0.15, 0.2) is 0 Å². The number of hydrogen-bond donors (Lipinski definition) is 2. The van der Waals surface area contributed by atoms with Crippen LogP contribution in [0.5, 0.6) is 11.5 Å². The maximum Gasteiger partial charge on any atom is 0.142 e. The molecule has 0 heterocycles. The van der Waals surface area contributed by atoms with Crippen LogP contribution in [-0.2, 0) is 6.42 Å². The Labute approximate surface area is 123 Å². The molecule has 2 aromatic rings. The van der Waals surface area contributed by atoms with Gasteiger partial charge in [0.1, 0.15) is 11.5 Å². The Balaban J connectivity index is 1.91. The van der Waals surface area contributed by atoms with Crippen molar-refractivity contribution in [1.29, 1.82) is 0 Å². The predicted molar refractivity (Wildman–Crippen MR) is 80.8 cm³/mol. The molecule has 1 atom stereocenters. The number of phenolic OH excluding ortho intramolecular Hbond substituents is 1. The zero-order valence-corrected chi connectivity index (χ0v) is 11.9. The molecule has 1 unspecified atom stereocenters. The van der Waals surface area contributed by atoms with Crippen LogP contribution in [0.4, 0.5) is 5.69 Å². The summed E-state index contributed by atoms with van der Waals surface area (Å²) in [6, 6.07) is 11.4. The highest BCUT2D eigenvalue weighted by Gasteiger charge is 2.25. The quantitative estimate of drug-likeness (QED) is 0.892. The zero-order valence-electron chi connectivity index (χ0n) is 11.2. The third kappa shape index (κ3) is 2.29. The normalized spacial score (nSPS) is 16.8. The molecule has 0 aromatic heterocycles. The minimum absolute atomic E-state index is 0.171. The summed E-state index contributed by atoms with van der Waals surface area (Å²) in [6.07, 6.45) is 1.82. The Kier molecular flexibility index (Phi) is 3.45. The Morgan fingerprint density at radius 3 is 2.95 bits per heavy atom. The van der Waals surface area contributed by atoms with E-state index < -0.39 is 0 Å². The standard InChI is InChI=1S/C16H16ClNO2/c1-20-16-8-5-10(17)9-14(16)18-13-7-6-12-11(13)3-2-4-15(12)19/h2-5,8-9,13,18-19H,6-7H2,1H3. The summed E-state index contributed by atoms with van der Waals surface area (Å²) in [7, 11) is 1.64. The lowest BCUT2D eigenvalue weighted by atomic mass is 10.1. The average Bonchev–Trinajstić information content (AvgIpc) is 2.84. The highest BCUT2D eigenvalue weighted by Crippen LogP contribution is 2.40. The Hall–Kier alpha value is -1.87. The summed E-state index contributed by atoms with van der Waals surface area (Å²) in [5, 5.41) is 14.0. The SMILES string of the molecule is COc1ccc(Cl)cc1NC1CCc2c(O)cccc21. The molecule has 0 bridgehead atoms. The lowest BCUT2D eigenvalue weighted by Gasteiger charge is -2.18. The predicted octanol–water partition coefficient (Wildman–Crippen LogP) is 4.15. The number of hydrogen-bond acceptors (Lipinski definition) is 3. The fourth-order valence-corrected chi connectivity index (χ4v) is 2.94. The molecule has 2 aromatic carbocycles. The van der Waals surface area contributed by atoms with Gasteiger partial charge >= 0.3 is 0 Å².